The fourth-order valence-corrected chi connectivity index (χ4v) is 6.99. The van der Waals surface area contributed by atoms with E-state index in [1.165, 1.54) is 12.1 Å². The van der Waals surface area contributed by atoms with E-state index in [1.54, 1.807) is 0 Å². The van der Waals surface area contributed by atoms with Crippen LogP contribution in [0.5, 0.6) is 0 Å². The van der Waals surface area contributed by atoms with Gasteiger partial charge in [0.2, 0.25) is 0 Å². The Morgan fingerprint density at radius 1 is 0.672 bits per heavy atom. The lowest BCUT2D eigenvalue weighted by molar-refractivity contribution is -0.293. The highest BCUT2D eigenvalue weighted by atomic mass is 19.4. The van der Waals surface area contributed by atoms with Crippen LogP contribution < -0.4 is 26.6 Å². The van der Waals surface area contributed by atoms with Gasteiger partial charge in [0.15, 0.2) is 6.29 Å². The number of hydrogen-bond donors (Lipinski definition) is 9. The number of aliphatic hydroxyl groups is 4. The number of hydrogen-bond acceptors (Lipinski definition) is 10. The van der Waals surface area contributed by atoms with Crippen molar-refractivity contribution in [1.29, 1.82) is 0 Å². The molecule has 2 saturated heterocycles. The molecular weight excluding hydrogens is 820 g/mol. The van der Waals surface area contributed by atoms with Crippen molar-refractivity contribution in [3.8, 4) is 11.1 Å². The SMILES string of the molecule is O=C(Nc1cccc(C(F)(F)F)c1)N[C@H]1[C@H](O[C@H]2[C@@H](NCc3ccc(-c4ccccc4)cc3)[C@@H](CO)OC[C@@H]2NC(=O)Nc2cccc(C(F)(F)F)c2)O[C@H](CO)[C@@H](O)[C@@H]1O. The number of nitrogens with one attached hydrogen (secondary N) is 5. The van der Waals surface area contributed by atoms with Gasteiger partial charge in [0.1, 0.15) is 30.5 Å². The van der Waals surface area contributed by atoms with E-state index in [-0.39, 0.29) is 24.5 Å². The minimum absolute atomic E-state index is 0.121. The van der Waals surface area contributed by atoms with E-state index in [1.807, 2.05) is 54.6 Å². The van der Waals surface area contributed by atoms with Crippen LogP contribution in [0.2, 0.25) is 0 Å². The molecule has 0 aliphatic carbocycles. The number of carbonyl (C=O) groups excluding carboxylic acids is 2. The Hall–Kier alpha value is -5.32. The van der Waals surface area contributed by atoms with Gasteiger partial charge in [-0.2, -0.15) is 26.3 Å². The molecule has 6 rings (SSSR count). The van der Waals surface area contributed by atoms with Crippen molar-refractivity contribution >= 4 is 23.4 Å². The van der Waals surface area contributed by atoms with Gasteiger partial charge in [-0.1, -0.05) is 66.7 Å². The molecule has 14 nitrogen and oxygen atoms in total. The number of amides is 4. The number of carbonyl (C=O) groups is 2. The van der Waals surface area contributed by atoms with Gasteiger partial charge in [0, 0.05) is 17.9 Å². The summed E-state index contributed by atoms with van der Waals surface area (Å²) in [6, 6.07) is 18.5. The molecule has 9 N–H and O–H groups in total. The first kappa shape index (κ1) is 45.2. The van der Waals surface area contributed by atoms with Crippen molar-refractivity contribution in [3.05, 3.63) is 120 Å². The van der Waals surface area contributed by atoms with Gasteiger partial charge in [-0.25, -0.2) is 9.59 Å². The Balaban J connectivity index is 1.28. The molecule has 0 unspecified atom stereocenters. The van der Waals surface area contributed by atoms with Crippen molar-refractivity contribution in [3.63, 3.8) is 0 Å². The van der Waals surface area contributed by atoms with Crippen LogP contribution in [0.1, 0.15) is 16.7 Å². The molecule has 0 radical (unpaired) electrons. The molecule has 2 aliphatic rings. The topological polar surface area (TPSA) is 203 Å². The number of alkyl halides is 6. The molecule has 2 fully saturated rings. The average molecular weight is 864 g/mol. The van der Waals surface area contributed by atoms with Gasteiger partial charge < -0.3 is 61.2 Å². The van der Waals surface area contributed by atoms with Crippen LogP contribution in [-0.4, -0.2) is 107 Å². The zero-order chi connectivity index (χ0) is 43.9. The lowest BCUT2D eigenvalue weighted by Gasteiger charge is -2.48. The summed E-state index contributed by atoms with van der Waals surface area (Å²) in [6.07, 6.45) is -18.8. The summed E-state index contributed by atoms with van der Waals surface area (Å²) >= 11 is 0. The summed E-state index contributed by atoms with van der Waals surface area (Å²) in [5.74, 6) is 0. The van der Waals surface area contributed by atoms with Gasteiger partial charge in [-0.3, -0.25) is 0 Å². The van der Waals surface area contributed by atoms with Crippen LogP contribution in [-0.2, 0) is 33.1 Å². The molecule has 0 saturated carbocycles. The van der Waals surface area contributed by atoms with Gasteiger partial charge in [0.05, 0.1) is 49.1 Å². The third-order valence-corrected chi connectivity index (χ3v) is 10.1. The largest absolute Gasteiger partial charge is 0.416 e. The van der Waals surface area contributed by atoms with Gasteiger partial charge in [-0.15, -0.1) is 0 Å². The van der Waals surface area contributed by atoms with Crippen molar-refractivity contribution in [2.45, 2.75) is 73.8 Å². The van der Waals surface area contributed by atoms with E-state index in [9.17, 15) is 56.4 Å². The van der Waals surface area contributed by atoms with Crippen molar-refractivity contribution in [1.82, 2.24) is 16.0 Å². The fourth-order valence-electron chi connectivity index (χ4n) is 6.99. The van der Waals surface area contributed by atoms with E-state index >= 15 is 0 Å². The molecule has 4 aromatic carbocycles. The Labute approximate surface area is 344 Å². The van der Waals surface area contributed by atoms with E-state index in [4.69, 9.17) is 14.2 Å². The third-order valence-electron chi connectivity index (χ3n) is 10.1. The number of benzene rings is 4. The minimum atomic E-state index is -4.73. The normalized spacial score (nSPS) is 25.6. The molecule has 4 amide bonds. The number of aliphatic hydroxyl groups excluding tert-OH is 4. The van der Waals surface area contributed by atoms with Gasteiger partial charge >= 0.3 is 24.4 Å². The molecule has 0 spiro atoms. The van der Waals surface area contributed by atoms with Gasteiger partial charge in [0.25, 0.3) is 0 Å². The zero-order valence-electron chi connectivity index (χ0n) is 31.9. The predicted octanol–water partition coefficient (Wildman–Crippen LogP) is 4.45. The van der Waals surface area contributed by atoms with Gasteiger partial charge in [-0.05, 0) is 53.1 Å². The Morgan fingerprint density at radius 2 is 1.23 bits per heavy atom. The van der Waals surface area contributed by atoms with E-state index in [0.29, 0.717) is 6.07 Å². The van der Waals surface area contributed by atoms with Crippen LogP contribution in [0.4, 0.5) is 47.3 Å². The molecule has 9 atom stereocenters. The number of anilines is 2. The summed E-state index contributed by atoms with van der Waals surface area (Å²) in [4.78, 5) is 26.6. The molecule has 2 heterocycles. The standard InChI is InChI=1S/C41H43F6N5O9/c42-40(43,44)25-8-4-10-27(16-25)49-38(57)51-29-21-59-30(19-53)32(48-18-22-12-14-24(15-13-22)23-6-2-1-3-7-23)36(29)61-37-33(35(56)34(55)31(20-54)60-37)52-39(58)50-28-11-5-9-26(17-28)41(45,46)47/h1-17,29-37,48,53-56H,18-21H2,(H2,49,51,57)(H2,50,52,58)/t29-,30+,31+,32-,33+,34+,35+,36+,37-/m0/s1. The van der Waals surface area contributed by atoms with Crippen LogP contribution >= 0.6 is 0 Å². The summed E-state index contributed by atoms with van der Waals surface area (Å²) < 4.78 is 98.5. The first-order chi connectivity index (χ1) is 29.0. The van der Waals surface area contributed by atoms with E-state index in [2.05, 4.69) is 26.6 Å². The molecule has 328 valence electrons. The predicted molar refractivity (Wildman–Crippen MR) is 207 cm³/mol. The van der Waals surface area contributed by atoms with Crippen molar-refractivity contribution in [2.24, 2.45) is 0 Å². The monoisotopic (exact) mass is 863 g/mol. The highest BCUT2D eigenvalue weighted by Gasteiger charge is 2.50. The van der Waals surface area contributed by atoms with Crippen molar-refractivity contribution in [2.75, 3.05) is 30.5 Å². The summed E-state index contributed by atoms with van der Waals surface area (Å²) in [6.45, 7) is -1.68. The molecule has 20 heteroatoms. The Kier molecular flexibility index (Phi) is 14.5. The fraction of sp³-hybridized carbons (Fsp3) is 0.366. The lowest BCUT2D eigenvalue weighted by atomic mass is 9.93. The Bertz CT molecular complexity index is 2080. The average Bonchev–Trinajstić information content (AvgIpc) is 3.23. The highest BCUT2D eigenvalue weighted by molar-refractivity contribution is 5.90. The molecule has 61 heavy (non-hydrogen) atoms. The van der Waals surface area contributed by atoms with Crippen molar-refractivity contribution < 1.29 is 70.6 Å². The maximum Gasteiger partial charge on any atom is 0.416 e. The second-order valence-corrected chi connectivity index (χ2v) is 14.3. The number of ether oxygens (including phenoxy) is 3. The van der Waals surface area contributed by atoms with Crippen LogP contribution in [0.3, 0.4) is 0 Å². The molecule has 4 aromatic rings. The Morgan fingerprint density at radius 3 is 1.79 bits per heavy atom. The van der Waals surface area contributed by atoms with Crippen LogP contribution in [0, 0.1) is 0 Å². The van der Waals surface area contributed by atoms with Crippen LogP contribution in [0.25, 0.3) is 11.1 Å². The molecule has 0 bridgehead atoms. The molecular formula is C41H43F6N5O9. The second kappa shape index (κ2) is 19.6. The maximum atomic E-state index is 13.4. The van der Waals surface area contributed by atoms with Crippen LogP contribution in [0.15, 0.2) is 103 Å². The quantitative estimate of drug-likeness (QED) is 0.0917. The molecule has 2 aliphatic heterocycles. The maximum absolute atomic E-state index is 13.4. The lowest BCUT2D eigenvalue weighted by Crippen LogP contribution is -2.70. The minimum Gasteiger partial charge on any atom is -0.394 e. The second-order valence-electron chi connectivity index (χ2n) is 14.3. The molecule has 0 aromatic heterocycles. The summed E-state index contributed by atoms with van der Waals surface area (Å²) in [5, 5.41) is 55.3. The summed E-state index contributed by atoms with van der Waals surface area (Å²) in [5.41, 5.74) is 0.0828. The van der Waals surface area contributed by atoms with E-state index < -0.39 is 104 Å². The highest BCUT2D eigenvalue weighted by Crippen LogP contribution is 2.33. The smallest absolute Gasteiger partial charge is 0.394 e. The number of halogens is 6. The summed E-state index contributed by atoms with van der Waals surface area (Å²) in [7, 11) is 0. The first-order valence-corrected chi connectivity index (χ1v) is 18.9. The zero-order valence-corrected chi connectivity index (χ0v) is 31.9. The van der Waals surface area contributed by atoms with E-state index in [0.717, 1.165) is 47.0 Å². The third kappa shape index (κ3) is 11.5. The number of urea groups is 2. The number of rotatable bonds is 12. The first-order valence-electron chi connectivity index (χ1n) is 18.9.